The highest BCUT2D eigenvalue weighted by molar-refractivity contribution is 9.10. The molecule has 0 fully saturated rings. The third-order valence-corrected chi connectivity index (χ3v) is 5.47. The number of carbonyl (C=O) groups excluding carboxylic acids is 1. The topological polar surface area (TPSA) is 81.9 Å². The average molecular weight is 462 g/mol. The first-order valence-corrected chi connectivity index (χ1v) is 10.4. The molecule has 0 radical (unpaired) electrons. The van der Waals surface area contributed by atoms with Gasteiger partial charge in [0, 0.05) is 22.8 Å². The smallest absolute Gasteiger partial charge is 0.224 e. The first-order valence-electron chi connectivity index (χ1n) is 8.76. The molecule has 2 aromatic carbocycles. The number of ether oxygens (including phenoxy) is 1. The maximum Gasteiger partial charge on any atom is 0.224 e. The van der Waals surface area contributed by atoms with Gasteiger partial charge >= 0.3 is 0 Å². The number of amides is 1. The zero-order valence-electron chi connectivity index (χ0n) is 15.6. The summed E-state index contributed by atoms with van der Waals surface area (Å²) in [6, 6.07) is 13.5. The Hall–Kier alpha value is -2.39. The van der Waals surface area contributed by atoms with Crippen LogP contribution in [0.1, 0.15) is 18.9 Å². The molecule has 1 amide bonds. The van der Waals surface area contributed by atoms with Gasteiger partial charge in [0.2, 0.25) is 11.1 Å². The van der Waals surface area contributed by atoms with Gasteiger partial charge in [-0.1, -0.05) is 28.1 Å². The number of halogens is 1. The summed E-state index contributed by atoms with van der Waals surface area (Å²) >= 11 is 4.85. The highest BCUT2D eigenvalue weighted by Crippen LogP contribution is 2.34. The Morgan fingerprint density at radius 2 is 2.04 bits per heavy atom. The van der Waals surface area contributed by atoms with Gasteiger partial charge in [-0.2, -0.15) is 0 Å². The van der Waals surface area contributed by atoms with Gasteiger partial charge < -0.3 is 10.1 Å². The number of hydrogen-bond donors (Lipinski definition) is 1. The summed E-state index contributed by atoms with van der Waals surface area (Å²) in [7, 11) is 1.77. The summed E-state index contributed by atoms with van der Waals surface area (Å²) in [6.45, 7) is 2.59. The van der Waals surface area contributed by atoms with E-state index >= 15 is 0 Å². The molecule has 9 heteroatoms. The molecule has 0 aliphatic rings. The van der Waals surface area contributed by atoms with Crippen LogP contribution in [-0.2, 0) is 18.3 Å². The van der Waals surface area contributed by atoms with Crippen LogP contribution in [0.15, 0.2) is 57.0 Å². The molecule has 1 heterocycles. The van der Waals surface area contributed by atoms with Gasteiger partial charge in [0.15, 0.2) is 0 Å². The number of nitrogens with one attached hydrogen (secondary N) is 1. The fraction of sp³-hybridized carbons (Fsp3) is 0.263. The van der Waals surface area contributed by atoms with Crippen LogP contribution in [-0.4, -0.2) is 32.7 Å². The van der Waals surface area contributed by atoms with Gasteiger partial charge in [-0.15, -0.1) is 5.10 Å². The highest BCUT2D eigenvalue weighted by atomic mass is 79.9. The van der Waals surface area contributed by atoms with E-state index in [0.29, 0.717) is 24.6 Å². The van der Waals surface area contributed by atoms with Gasteiger partial charge in [-0.05, 0) is 71.4 Å². The van der Waals surface area contributed by atoms with Crippen molar-refractivity contribution in [1.29, 1.82) is 0 Å². The summed E-state index contributed by atoms with van der Waals surface area (Å²) in [5, 5.41) is 15.1. The summed E-state index contributed by atoms with van der Waals surface area (Å²) in [6.07, 6.45) is 1.04. The van der Waals surface area contributed by atoms with Crippen LogP contribution >= 0.6 is 27.7 Å². The molecule has 0 bridgehead atoms. The Kier molecular flexibility index (Phi) is 7.05. The molecule has 146 valence electrons. The monoisotopic (exact) mass is 461 g/mol. The van der Waals surface area contributed by atoms with Crippen molar-refractivity contribution < 1.29 is 9.53 Å². The molecule has 28 heavy (non-hydrogen) atoms. The second kappa shape index (κ2) is 9.70. The molecule has 3 aromatic rings. The average Bonchev–Trinajstić information content (AvgIpc) is 3.08. The van der Waals surface area contributed by atoms with E-state index in [1.165, 1.54) is 11.8 Å². The fourth-order valence-electron chi connectivity index (χ4n) is 2.48. The van der Waals surface area contributed by atoms with Crippen molar-refractivity contribution in [3.05, 3.63) is 52.5 Å². The lowest BCUT2D eigenvalue weighted by Gasteiger charge is -2.11. The fourth-order valence-corrected chi connectivity index (χ4v) is 3.64. The molecule has 0 unspecified atom stereocenters. The van der Waals surface area contributed by atoms with Crippen molar-refractivity contribution in [1.82, 2.24) is 20.2 Å². The van der Waals surface area contributed by atoms with E-state index in [-0.39, 0.29) is 5.91 Å². The third kappa shape index (κ3) is 5.56. The number of rotatable bonds is 8. The first-order chi connectivity index (χ1) is 13.5. The maximum atomic E-state index is 12.5. The van der Waals surface area contributed by atoms with Crippen molar-refractivity contribution in [2.45, 2.75) is 29.8 Å². The zero-order valence-corrected chi connectivity index (χ0v) is 18.0. The van der Waals surface area contributed by atoms with Gasteiger partial charge in [-0.3, -0.25) is 4.79 Å². The molecule has 1 N–H and O–H groups in total. The minimum atomic E-state index is -0.0510. The van der Waals surface area contributed by atoms with Crippen LogP contribution in [0.2, 0.25) is 0 Å². The number of benzene rings is 2. The Labute approximate surface area is 176 Å². The van der Waals surface area contributed by atoms with Crippen molar-refractivity contribution in [2.75, 3.05) is 11.9 Å². The van der Waals surface area contributed by atoms with Crippen LogP contribution < -0.4 is 10.1 Å². The van der Waals surface area contributed by atoms with Crippen LogP contribution in [0.25, 0.3) is 0 Å². The molecule has 0 aliphatic carbocycles. The Morgan fingerprint density at radius 3 is 2.71 bits per heavy atom. The molecular formula is C19H20BrN5O2S. The second-order valence-corrected chi connectivity index (χ2v) is 7.88. The quantitative estimate of drug-likeness (QED) is 0.543. The van der Waals surface area contributed by atoms with Crippen molar-refractivity contribution in [3.63, 3.8) is 0 Å². The SMILES string of the molecule is CCOc1ccc(CCC(=O)Nc2cc(Br)ccc2Sc2nnnn2C)cc1. The standard InChI is InChI=1S/C19H20BrN5O2S/c1-3-27-15-8-4-13(5-9-15)6-11-18(26)21-16-12-14(20)7-10-17(16)28-19-22-23-24-25(19)2/h4-5,7-10,12H,3,6,11H2,1-2H3,(H,21,26). The number of hydrogen-bond acceptors (Lipinski definition) is 6. The molecule has 0 aliphatic heterocycles. The van der Waals surface area contributed by atoms with Crippen LogP contribution in [0.5, 0.6) is 5.75 Å². The summed E-state index contributed by atoms with van der Waals surface area (Å²) in [5.41, 5.74) is 1.81. The van der Waals surface area contributed by atoms with Gasteiger partial charge in [-0.25, -0.2) is 4.68 Å². The van der Waals surface area contributed by atoms with Crippen LogP contribution in [0.4, 0.5) is 5.69 Å². The number of carbonyl (C=O) groups is 1. The Bertz CT molecular complexity index is 946. The summed E-state index contributed by atoms with van der Waals surface area (Å²) < 4.78 is 7.91. The van der Waals surface area contributed by atoms with Crippen molar-refractivity contribution in [2.24, 2.45) is 7.05 Å². The lowest BCUT2D eigenvalue weighted by atomic mass is 10.1. The Balaban J connectivity index is 1.63. The first kappa shape index (κ1) is 20.3. The third-order valence-electron chi connectivity index (χ3n) is 3.87. The summed E-state index contributed by atoms with van der Waals surface area (Å²) in [5.74, 6) is 0.787. The largest absolute Gasteiger partial charge is 0.494 e. The zero-order chi connectivity index (χ0) is 19.9. The predicted octanol–water partition coefficient (Wildman–Crippen LogP) is 4.09. The van der Waals surface area contributed by atoms with Crippen molar-refractivity contribution in [3.8, 4) is 5.75 Å². The van der Waals surface area contributed by atoms with E-state index in [2.05, 4.69) is 36.8 Å². The van der Waals surface area contributed by atoms with E-state index < -0.39 is 0 Å². The van der Waals surface area contributed by atoms with Gasteiger partial charge in [0.25, 0.3) is 0 Å². The molecule has 0 saturated heterocycles. The molecule has 1 aromatic heterocycles. The van der Waals surface area contributed by atoms with E-state index in [1.807, 2.05) is 49.4 Å². The molecular weight excluding hydrogens is 442 g/mol. The number of anilines is 1. The lowest BCUT2D eigenvalue weighted by Crippen LogP contribution is -2.13. The van der Waals surface area contributed by atoms with E-state index in [4.69, 9.17) is 4.74 Å². The minimum absolute atomic E-state index is 0.0510. The van der Waals surface area contributed by atoms with Crippen LogP contribution in [0, 0.1) is 0 Å². The van der Waals surface area contributed by atoms with Crippen molar-refractivity contribution >= 4 is 39.3 Å². The molecule has 3 rings (SSSR count). The maximum absolute atomic E-state index is 12.5. The van der Waals surface area contributed by atoms with Gasteiger partial charge in [0.05, 0.1) is 12.3 Å². The number of aryl methyl sites for hydroxylation is 2. The minimum Gasteiger partial charge on any atom is -0.494 e. The van der Waals surface area contributed by atoms with E-state index in [1.54, 1.807) is 11.7 Å². The van der Waals surface area contributed by atoms with E-state index in [9.17, 15) is 4.79 Å². The molecule has 7 nitrogen and oxygen atoms in total. The lowest BCUT2D eigenvalue weighted by molar-refractivity contribution is -0.116. The van der Waals surface area contributed by atoms with Crippen LogP contribution in [0.3, 0.4) is 0 Å². The summed E-state index contributed by atoms with van der Waals surface area (Å²) in [4.78, 5) is 13.4. The number of tetrazole rings is 1. The molecule has 0 spiro atoms. The second-order valence-electron chi connectivity index (χ2n) is 5.95. The predicted molar refractivity (Wildman–Crippen MR) is 112 cm³/mol. The molecule has 0 saturated carbocycles. The number of aromatic nitrogens is 4. The van der Waals surface area contributed by atoms with Gasteiger partial charge in [0.1, 0.15) is 5.75 Å². The highest BCUT2D eigenvalue weighted by Gasteiger charge is 2.12. The van der Waals surface area contributed by atoms with E-state index in [0.717, 1.165) is 26.4 Å². The normalized spacial score (nSPS) is 10.7. The Morgan fingerprint density at radius 1 is 1.25 bits per heavy atom. The number of nitrogens with zero attached hydrogens (tertiary/aromatic N) is 4. The molecule has 0 atom stereocenters.